The summed E-state index contributed by atoms with van der Waals surface area (Å²) in [4.78, 5) is 17.1. The highest BCUT2D eigenvalue weighted by Crippen LogP contribution is 2.31. The van der Waals surface area contributed by atoms with E-state index in [1.807, 2.05) is 0 Å². The van der Waals surface area contributed by atoms with Crippen molar-refractivity contribution in [3.63, 3.8) is 0 Å². The van der Waals surface area contributed by atoms with Gasteiger partial charge in [-0.3, -0.25) is 10.1 Å². The molecule has 0 fully saturated rings. The van der Waals surface area contributed by atoms with Gasteiger partial charge < -0.3 is 10.7 Å². The zero-order valence-corrected chi connectivity index (χ0v) is 8.60. The van der Waals surface area contributed by atoms with Crippen LogP contribution in [0.4, 0.5) is 11.6 Å². The number of aromatic nitrogens is 2. The molecule has 0 aliphatic heterocycles. The van der Waals surface area contributed by atoms with Crippen molar-refractivity contribution in [1.82, 2.24) is 9.97 Å². The zero-order valence-electron chi connectivity index (χ0n) is 8.60. The molecule has 0 amide bonds. The summed E-state index contributed by atoms with van der Waals surface area (Å²) in [7, 11) is 0. The van der Waals surface area contributed by atoms with Crippen LogP contribution in [0.3, 0.4) is 0 Å². The number of nitrogens with zero attached hydrogens (tertiary/aromatic N) is 2. The maximum atomic E-state index is 10.9. The first kappa shape index (κ1) is 10.2. The number of imidazole rings is 1. The van der Waals surface area contributed by atoms with Gasteiger partial charge in [0.2, 0.25) is 0 Å². The number of H-pyrrole nitrogens is 1. The molecule has 0 unspecified atom stereocenters. The maximum absolute atomic E-state index is 10.9. The minimum atomic E-state index is -0.417. The smallest absolute Gasteiger partial charge is 0.279 e. The summed E-state index contributed by atoms with van der Waals surface area (Å²) in [5.41, 5.74) is 7.39. The Bertz CT molecular complexity index is 548. The van der Waals surface area contributed by atoms with E-state index >= 15 is 0 Å². The Balaban J connectivity index is 2.67. The Labute approximate surface area is 91.3 Å². The Morgan fingerprint density at radius 2 is 2.25 bits per heavy atom. The van der Waals surface area contributed by atoms with Crippen molar-refractivity contribution >= 4 is 11.6 Å². The molecule has 3 N–H and O–H groups in total. The first-order chi connectivity index (χ1) is 7.59. The summed E-state index contributed by atoms with van der Waals surface area (Å²) in [5, 5.41) is 10.9. The van der Waals surface area contributed by atoms with Crippen molar-refractivity contribution in [1.29, 1.82) is 0 Å². The molecule has 1 heterocycles. The zero-order chi connectivity index (χ0) is 11.7. The maximum Gasteiger partial charge on any atom is 0.279 e. The van der Waals surface area contributed by atoms with Crippen LogP contribution in [0.2, 0.25) is 0 Å². The molecule has 1 aromatic heterocycles. The van der Waals surface area contributed by atoms with Crippen molar-refractivity contribution in [2.24, 2.45) is 0 Å². The predicted octanol–water partition coefficient (Wildman–Crippen LogP) is 1.88. The predicted molar refractivity (Wildman–Crippen MR) is 59.8 cm³/mol. The first-order valence-corrected chi connectivity index (χ1v) is 4.64. The molecule has 16 heavy (non-hydrogen) atoms. The van der Waals surface area contributed by atoms with Crippen LogP contribution in [-0.4, -0.2) is 14.9 Å². The number of nitrogens with one attached hydrogen (secondary N) is 1. The quantitative estimate of drug-likeness (QED) is 0.593. The number of aromatic amines is 1. The molecule has 0 radical (unpaired) electrons. The summed E-state index contributed by atoms with van der Waals surface area (Å²) >= 11 is 0. The van der Waals surface area contributed by atoms with Gasteiger partial charge in [-0.1, -0.05) is 12.1 Å². The number of benzene rings is 1. The van der Waals surface area contributed by atoms with Gasteiger partial charge in [-0.15, -0.1) is 0 Å². The second-order valence-electron chi connectivity index (χ2n) is 3.41. The Morgan fingerprint density at radius 1 is 1.50 bits per heavy atom. The van der Waals surface area contributed by atoms with Gasteiger partial charge in [-0.05, 0) is 12.5 Å². The lowest BCUT2D eigenvalue weighted by Gasteiger charge is -2.03. The third-order valence-corrected chi connectivity index (χ3v) is 2.31. The Morgan fingerprint density at radius 3 is 2.81 bits per heavy atom. The molecule has 82 valence electrons. The molecule has 2 rings (SSSR count). The van der Waals surface area contributed by atoms with Crippen LogP contribution in [0.5, 0.6) is 0 Å². The van der Waals surface area contributed by atoms with Crippen molar-refractivity contribution in [3.8, 4) is 11.3 Å². The number of hydrogen-bond acceptors (Lipinski definition) is 4. The molecule has 1 aromatic carbocycles. The van der Waals surface area contributed by atoms with Gasteiger partial charge in [-0.25, -0.2) is 4.98 Å². The van der Waals surface area contributed by atoms with E-state index in [0.717, 1.165) is 5.56 Å². The molecule has 0 saturated heterocycles. The fraction of sp³-hybridized carbons (Fsp3) is 0.100. The van der Waals surface area contributed by atoms with Gasteiger partial charge >= 0.3 is 0 Å². The van der Waals surface area contributed by atoms with Crippen molar-refractivity contribution in [2.75, 3.05) is 5.73 Å². The Kier molecular flexibility index (Phi) is 2.32. The van der Waals surface area contributed by atoms with Crippen molar-refractivity contribution < 1.29 is 4.92 Å². The Hall–Kier alpha value is -2.37. The van der Waals surface area contributed by atoms with Gasteiger partial charge in [0, 0.05) is 6.07 Å². The molecule has 6 nitrogen and oxygen atoms in total. The standard InChI is InChI=1S/C10H10N4O2/c1-6-3-2-4-8(14(15)16)9(6)7-5-12-10(11)13-7/h2-5H,1H3,(H3,11,12,13). The molecular formula is C10H10N4O2. The van der Waals surface area contributed by atoms with E-state index in [2.05, 4.69) is 9.97 Å². The lowest BCUT2D eigenvalue weighted by molar-refractivity contribution is -0.384. The van der Waals surface area contributed by atoms with Crippen LogP contribution in [0, 0.1) is 17.0 Å². The number of nitro groups is 1. The summed E-state index contributed by atoms with van der Waals surface area (Å²) in [6.07, 6.45) is 1.49. The largest absolute Gasteiger partial charge is 0.369 e. The van der Waals surface area contributed by atoms with E-state index < -0.39 is 4.92 Å². The van der Waals surface area contributed by atoms with Gasteiger partial charge in [-0.2, -0.15) is 0 Å². The number of nitrogens with two attached hydrogens (primary N) is 1. The summed E-state index contributed by atoms with van der Waals surface area (Å²) in [6.45, 7) is 1.80. The third kappa shape index (κ3) is 1.60. The van der Waals surface area contributed by atoms with E-state index in [0.29, 0.717) is 11.3 Å². The molecule has 0 aliphatic rings. The number of hydrogen-bond donors (Lipinski definition) is 2. The minimum absolute atomic E-state index is 0.0450. The molecular weight excluding hydrogens is 208 g/mol. The number of aryl methyl sites for hydroxylation is 1. The van der Waals surface area contributed by atoms with Crippen LogP contribution in [0.15, 0.2) is 24.4 Å². The van der Waals surface area contributed by atoms with Crippen LogP contribution < -0.4 is 5.73 Å². The molecule has 0 saturated carbocycles. The first-order valence-electron chi connectivity index (χ1n) is 4.64. The average Bonchev–Trinajstić information content (AvgIpc) is 2.64. The lowest BCUT2D eigenvalue weighted by atomic mass is 10.0. The molecule has 6 heteroatoms. The average molecular weight is 218 g/mol. The van der Waals surface area contributed by atoms with Crippen molar-refractivity contribution in [3.05, 3.63) is 40.1 Å². The normalized spacial score (nSPS) is 10.3. The highest BCUT2D eigenvalue weighted by Gasteiger charge is 2.18. The molecule has 0 atom stereocenters. The summed E-state index contributed by atoms with van der Waals surface area (Å²) in [6, 6.07) is 4.91. The third-order valence-electron chi connectivity index (χ3n) is 2.31. The molecule has 2 aromatic rings. The van der Waals surface area contributed by atoms with Crippen LogP contribution in [0.25, 0.3) is 11.3 Å². The number of nitrogen functional groups attached to an aromatic ring is 1. The number of anilines is 1. The molecule has 0 bridgehead atoms. The van der Waals surface area contributed by atoms with Gasteiger partial charge in [0.1, 0.15) is 0 Å². The fourth-order valence-corrected chi connectivity index (χ4v) is 1.62. The highest BCUT2D eigenvalue weighted by molar-refractivity contribution is 5.74. The molecule has 0 aliphatic carbocycles. The number of nitro benzene ring substituents is 1. The summed E-state index contributed by atoms with van der Waals surface area (Å²) < 4.78 is 0. The van der Waals surface area contributed by atoms with Crippen molar-refractivity contribution in [2.45, 2.75) is 6.92 Å². The highest BCUT2D eigenvalue weighted by atomic mass is 16.6. The minimum Gasteiger partial charge on any atom is -0.369 e. The van der Waals surface area contributed by atoms with E-state index in [1.54, 1.807) is 19.1 Å². The number of rotatable bonds is 2. The summed E-state index contributed by atoms with van der Waals surface area (Å²) in [5.74, 6) is 0.243. The van der Waals surface area contributed by atoms with E-state index in [9.17, 15) is 10.1 Å². The van der Waals surface area contributed by atoms with Gasteiger partial charge in [0.05, 0.1) is 22.4 Å². The SMILES string of the molecule is Cc1cccc([N+](=O)[O-])c1-c1cnc(N)[nH]1. The van der Waals surface area contributed by atoms with E-state index in [-0.39, 0.29) is 11.6 Å². The topological polar surface area (TPSA) is 97.8 Å². The fourth-order valence-electron chi connectivity index (χ4n) is 1.62. The van der Waals surface area contributed by atoms with Gasteiger partial charge in [0.25, 0.3) is 5.69 Å². The molecule has 0 spiro atoms. The van der Waals surface area contributed by atoms with Crippen LogP contribution >= 0.6 is 0 Å². The second-order valence-corrected chi connectivity index (χ2v) is 3.41. The van der Waals surface area contributed by atoms with E-state index in [1.165, 1.54) is 12.3 Å². The van der Waals surface area contributed by atoms with Gasteiger partial charge in [0.15, 0.2) is 5.95 Å². The van der Waals surface area contributed by atoms with Crippen LogP contribution in [-0.2, 0) is 0 Å². The lowest BCUT2D eigenvalue weighted by Crippen LogP contribution is -1.94. The second kappa shape index (κ2) is 3.65. The van der Waals surface area contributed by atoms with Crippen LogP contribution in [0.1, 0.15) is 5.56 Å². The monoisotopic (exact) mass is 218 g/mol. The van der Waals surface area contributed by atoms with E-state index in [4.69, 9.17) is 5.73 Å².